The van der Waals surface area contributed by atoms with Crippen LogP contribution in [0.5, 0.6) is 5.75 Å². The van der Waals surface area contributed by atoms with E-state index in [1.807, 2.05) is 60.7 Å². The van der Waals surface area contributed by atoms with Gasteiger partial charge in [0.25, 0.3) is 11.1 Å². The van der Waals surface area contributed by atoms with Gasteiger partial charge >= 0.3 is 0 Å². The van der Waals surface area contributed by atoms with Gasteiger partial charge in [-0.1, -0.05) is 36.0 Å². The minimum atomic E-state index is -0.133. The number of aromatic nitrogens is 2. The van der Waals surface area contributed by atoms with Crippen molar-refractivity contribution in [2.75, 3.05) is 48.7 Å². The van der Waals surface area contributed by atoms with E-state index in [4.69, 9.17) is 9.15 Å². The van der Waals surface area contributed by atoms with Gasteiger partial charge in [0.1, 0.15) is 5.75 Å². The van der Waals surface area contributed by atoms with Crippen molar-refractivity contribution < 1.29 is 13.9 Å². The number of rotatable bonds is 10. The molecule has 1 fully saturated rings. The quantitative estimate of drug-likeness (QED) is 0.359. The summed E-state index contributed by atoms with van der Waals surface area (Å²) in [4.78, 5) is 17.1. The molecule has 1 N–H and O–H groups in total. The molecule has 0 bridgehead atoms. The third-order valence-corrected chi connectivity index (χ3v) is 5.97. The van der Waals surface area contributed by atoms with E-state index in [0.29, 0.717) is 11.1 Å². The Morgan fingerprint density at radius 3 is 2.58 bits per heavy atom. The van der Waals surface area contributed by atoms with Gasteiger partial charge < -0.3 is 19.4 Å². The van der Waals surface area contributed by atoms with Crippen LogP contribution < -0.4 is 15.0 Å². The molecule has 172 valence electrons. The normalized spacial score (nSPS) is 14.1. The van der Waals surface area contributed by atoms with Gasteiger partial charge in [0.2, 0.25) is 5.91 Å². The van der Waals surface area contributed by atoms with Gasteiger partial charge in [-0.3, -0.25) is 9.69 Å². The fraction of sp³-hybridized carbons (Fsp3) is 0.292. The first kappa shape index (κ1) is 22.9. The maximum Gasteiger partial charge on any atom is 0.277 e. The second-order valence-electron chi connectivity index (χ2n) is 7.52. The highest BCUT2D eigenvalue weighted by Crippen LogP contribution is 2.21. The van der Waals surface area contributed by atoms with Gasteiger partial charge in [-0.25, -0.2) is 0 Å². The van der Waals surface area contributed by atoms with Gasteiger partial charge in [0.15, 0.2) is 6.61 Å². The molecule has 0 radical (unpaired) electrons. The number of nitrogens with one attached hydrogen (secondary N) is 1. The fourth-order valence-corrected chi connectivity index (χ4v) is 4.05. The molecule has 33 heavy (non-hydrogen) atoms. The number of benzene rings is 2. The Hall–Kier alpha value is -3.30. The molecule has 9 heteroatoms. The number of carbonyl (C=O) groups excluding carboxylic acids is 1. The highest BCUT2D eigenvalue weighted by molar-refractivity contribution is 7.99. The monoisotopic (exact) mass is 465 g/mol. The number of para-hydroxylation sites is 1. The van der Waals surface area contributed by atoms with Gasteiger partial charge in [0.05, 0.1) is 5.75 Å². The lowest BCUT2D eigenvalue weighted by molar-refractivity contribution is -0.113. The Morgan fingerprint density at radius 2 is 1.85 bits per heavy atom. The van der Waals surface area contributed by atoms with E-state index in [1.165, 1.54) is 11.8 Å². The Bertz CT molecular complexity index is 1030. The first-order chi connectivity index (χ1) is 16.2. The van der Waals surface area contributed by atoms with Gasteiger partial charge in [-0.2, -0.15) is 0 Å². The number of ether oxygens (including phenoxy) is 1. The van der Waals surface area contributed by atoms with Crippen molar-refractivity contribution in [3.63, 3.8) is 0 Å². The van der Waals surface area contributed by atoms with Crippen molar-refractivity contribution in [2.24, 2.45) is 0 Å². The molecule has 2 heterocycles. The molecule has 0 aliphatic carbocycles. The van der Waals surface area contributed by atoms with Crippen LogP contribution in [-0.2, 0) is 11.4 Å². The molecule has 1 amide bonds. The van der Waals surface area contributed by atoms with E-state index >= 15 is 0 Å². The summed E-state index contributed by atoms with van der Waals surface area (Å²) in [6.45, 7) is 8.94. The number of anilines is 2. The molecule has 1 aliphatic rings. The second-order valence-corrected chi connectivity index (χ2v) is 8.45. The van der Waals surface area contributed by atoms with E-state index < -0.39 is 0 Å². The van der Waals surface area contributed by atoms with Crippen LogP contribution in [0.3, 0.4) is 0 Å². The number of piperazine rings is 1. The summed E-state index contributed by atoms with van der Waals surface area (Å²) in [7, 11) is 0. The van der Waals surface area contributed by atoms with Crippen LogP contribution in [0.1, 0.15) is 5.89 Å². The summed E-state index contributed by atoms with van der Waals surface area (Å²) in [5.74, 6) is 1.13. The summed E-state index contributed by atoms with van der Waals surface area (Å²) in [6.07, 6.45) is 1.95. The topological polar surface area (TPSA) is 83.7 Å². The molecule has 4 rings (SSSR count). The minimum absolute atomic E-state index is 0.133. The van der Waals surface area contributed by atoms with E-state index in [1.54, 1.807) is 0 Å². The molecular formula is C24H27N5O3S. The molecule has 1 aliphatic heterocycles. The Labute approximate surface area is 197 Å². The number of thioether (sulfide) groups is 1. The molecule has 2 aromatic carbocycles. The van der Waals surface area contributed by atoms with E-state index in [9.17, 15) is 4.79 Å². The van der Waals surface area contributed by atoms with Crippen LogP contribution in [0.2, 0.25) is 0 Å². The average Bonchev–Trinajstić information content (AvgIpc) is 3.31. The predicted octanol–water partition coefficient (Wildman–Crippen LogP) is 3.69. The van der Waals surface area contributed by atoms with Crippen LogP contribution in [-0.4, -0.2) is 59.5 Å². The molecule has 0 unspecified atom stereocenters. The van der Waals surface area contributed by atoms with Crippen molar-refractivity contribution >= 4 is 29.0 Å². The Morgan fingerprint density at radius 1 is 1.09 bits per heavy atom. The summed E-state index contributed by atoms with van der Waals surface area (Å²) < 4.78 is 11.1. The highest BCUT2D eigenvalue weighted by Gasteiger charge is 2.16. The summed E-state index contributed by atoms with van der Waals surface area (Å²) >= 11 is 1.19. The van der Waals surface area contributed by atoms with Crippen molar-refractivity contribution in [3.05, 3.63) is 73.1 Å². The molecule has 1 aromatic heterocycles. The summed E-state index contributed by atoms with van der Waals surface area (Å²) in [6, 6.07) is 17.4. The number of hydrogen-bond donors (Lipinski definition) is 1. The zero-order valence-corrected chi connectivity index (χ0v) is 19.2. The van der Waals surface area contributed by atoms with Crippen molar-refractivity contribution in [2.45, 2.75) is 11.8 Å². The van der Waals surface area contributed by atoms with Crippen LogP contribution in [0.4, 0.5) is 11.4 Å². The number of amides is 1. The number of hydrogen-bond acceptors (Lipinski definition) is 8. The minimum Gasteiger partial charge on any atom is -0.484 e. The SMILES string of the molecule is C=CCN1CCN(c2ccc(NC(=O)CSc3nnc(COc4ccccc4)o3)cc2)CC1. The zero-order chi connectivity index (χ0) is 22.9. The van der Waals surface area contributed by atoms with E-state index in [2.05, 4.69) is 31.9 Å². The third kappa shape index (κ3) is 6.84. The molecule has 0 spiro atoms. The molecule has 0 saturated carbocycles. The van der Waals surface area contributed by atoms with Crippen LogP contribution in [0.25, 0.3) is 0 Å². The smallest absolute Gasteiger partial charge is 0.277 e. The average molecular weight is 466 g/mol. The standard InChI is InChI=1S/C24H27N5O3S/c1-2-12-28-13-15-29(16-14-28)20-10-8-19(9-11-20)25-22(30)18-33-24-27-26-23(32-24)17-31-21-6-4-3-5-7-21/h2-11H,1,12-18H2,(H,25,30). The maximum absolute atomic E-state index is 12.3. The molecule has 8 nitrogen and oxygen atoms in total. The first-order valence-corrected chi connectivity index (χ1v) is 11.8. The lowest BCUT2D eigenvalue weighted by Crippen LogP contribution is -2.46. The van der Waals surface area contributed by atoms with Gasteiger partial charge in [-0.15, -0.1) is 16.8 Å². The van der Waals surface area contributed by atoms with Crippen LogP contribution in [0, 0.1) is 0 Å². The molecule has 0 atom stereocenters. The number of nitrogens with zero attached hydrogens (tertiary/aromatic N) is 4. The molecular weight excluding hydrogens is 438 g/mol. The maximum atomic E-state index is 12.3. The summed E-state index contributed by atoms with van der Waals surface area (Å²) in [5, 5.41) is 11.2. The van der Waals surface area contributed by atoms with Crippen LogP contribution >= 0.6 is 11.8 Å². The first-order valence-electron chi connectivity index (χ1n) is 10.8. The van der Waals surface area contributed by atoms with Crippen molar-refractivity contribution in [1.29, 1.82) is 0 Å². The molecule has 1 saturated heterocycles. The Balaban J connectivity index is 1.19. The molecule has 3 aromatic rings. The third-order valence-electron chi connectivity index (χ3n) is 5.16. The highest BCUT2D eigenvalue weighted by atomic mass is 32.2. The zero-order valence-electron chi connectivity index (χ0n) is 18.4. The Kier molecular flexibility index (Phi) is 7.99. The van der Waals surface area contributed by atoms with Crippen LogP contribution in [0.15, 0.2) is 76.9 Å². The number of carbonyl (C=O) groups is 1. The second kappa shape index (κ2) is 11.5. The van der Waals surface area contributed by atoms with E-state index in [0.717, 1.165) is 49.8 Å². The fourth-order valence-electron chi connectivity index (χ4n) is 3.47. The van der Waals surface area contributed by atoms with Gasteiger partial charge in [0, 0.05) is 44.1 Å². The van der Waals surface area contributed by atoms with Gasteiger partial charge in [-0.05, 0) is 36.4 Å². The van der Waals surface area contributed by atoms with E-state index in [-0.39, 0.29) is 18.3 Å². The van der Waals surface area contributed by atoms with Crippen molar-refractivity contribution in [1.82, 2.24) is 15.1 Å². The summed E-state index contributed by atoms with van der Waals surface area (Å²) in [5.41, 5.74) is 1.92. The lowest BCUT2D eigenvalue weighted by atomic mass is 10.2. The van der Waals surface area contributed by atoms with Crippen molar-refractivity contribution in [3.8, 4) is 5.75 Å². The predicted molar refractivity (Wildman–Crippen MR) is 130 cm³/mol. The lowest BCUT2D eigenvalue weighted by Gasteiger charge is -2.35. The largest absolute Gasteiger partial charge is 0.484 e.